The van der Waals surface area contributed by atoms with E-state index in [0.717, 1.165) is 12.0 Å². The van der Waals surface area contributed by atoms with E-state index in [1.165, 1.54) is 27.5 Å². The largest absolute Gasteiger partial charge is 0.328 e. The summed E-state index contributed by atoms with van der Waals surface area (Å²) in [6, 6.07) is 4.54. The van der Waals surface area contributed by atoms with Crippen LogP contribution in [0.1, 0.15) is 10.4 Å². The molecule has 0 saturated heterocycles. The Bertz CT molecular complexity index is 741. The Hall–Kier alpha value is -1.44. The van der Waals surface area contributed by atoms with Crippen molar-refractivity contribution in [2.75, 3.05) is 6.54 Å². The first-order valence-electron chi connectivity index (χ1n) is 5.81. The van der Waals surface area contributed by atoms with Crippen LogP contribution in [-0.2, 0) is 23.0 Å². The average Bonchev–Trinajstić information content (AvgIpc) is 2.86. The van der Waals surface area contributed by atoms with Gasteiger partial charge >= 0.3 is 0 Å². The molecule has 0 aliphatic carbocycles. The van der Waals surface area contributed by atoms with Crippen LogP contribution in [0.15, 0.2) is 39.5 Å². The molecule has 19 heavy (non-hydrogen) atoms. The summed E-state index contributed by atoms with van der Waals surface area (Å²) >= 11 is 1.67. The van der Waals surface area contributed by atoms with E-state index in [0.29, 0.717) is 13.1 Å². The van der Waals surface area contributed by atoms with Crippen LogP contribution < -0.4 is 5.56 Å². The SMILES string of the molecule is O=c1ccc(S(=O)(=O)N2CCc3sccc3C2)c[nH]1. The smallest absolute Gasteiger partial charge is 0.247 e. The lowest BCUT2D eigenvalue weighted by atomic mass is 10.1. The zero-order valence-electron chi connectivity index (χ0n) is 10.00. The fraction of sp³-hybridized carbons (Fsp3) is 0.250. The van der Waals surface area contributed by atoms with Gasteiger partial charge in [0.1, 0.15) is 0 Å². The van der Waals surface area contributed by atoms with E-state index < -0.39 is 10.0 Å². The zero-order chi connectivity index (χ0) is 13.5. The van der Waals surface area contributed by atoms with E-state index in [1.807, 2.05) is 11.4 Å². The van der Waals surface area contributed by atoms with Gasteiger partial charge in [0.15, 0.2) is 0 Å². The molecule has 1 N–H and O–H groups in total. The summed E-state index contributed by atoms with van der Waals surface area (Å²) in [4.78, 5) is 14.8. The molecule has 0 amide bonds. The van der Waals surface area contributed by atoms with Crippen molar-refractivity contribution in [2.24, 2.45) is 0 Å². The standard InChI is InChI=1S/C12H12N2O3S2/c15-12-2-1-10(7-13-12)19(16,17)14-5-3-11-9(8-14)4-6-18-11/h1-2,4,6-7H,3,5,8H2,(H,13,15). The second-order valence-electron chi connectivity index (χ2n) is 4.35. The topological polar surface area (TPSA) is 70.2 Å². The van der Waals surface area contributed by atoms with Crippen LogP contribution in [0.25, 0.3) is 0 Å². The summed E-state index contributed by atoms with van der Waals surface area (Å²) < 4.78 is 26.3. The van der Waals surface area contributed by atoms with E-state index in [-0.39, 0.29) is 10.5 Å². The number of sulfonamides is 1. The van der Waals surface area contributed by atoms with E-state index >= 15 is 0 Å². The van der Waals surface area contributed by atoms with Crippen molar-refractivity contribution in [3.63, 3.8) is 0 Å². The lowest BCUT2D eigenvalue weighted by Crippen LogP contribution is -2.35. The third-order valence-corrected chi connectivity index (χ3v) is 6.03. The maximum absolute atomic E-state index is 12.4. The zero-order valence-corrected chi connectivity index (χ0v) is 11.6. The normalized spacial score (nSPS) is 16.2. The number of aromatic amines is 1. The predicted molar refractivity (Wildman–Crippen MR) is 72.7 cm³/mol. The van der Waals surface area contributed by atoms with E-state index in [1.54, 1.807) is 11.3 Å². The Kier molecular flexibility index (Phi) is 3.04. The molecule has 0 saturated carbocycles. The average molecular weight is 296 g/mol. The minimum atomic E-state index is -3.53. The van der Waals surface area contributed by atoms with Gasteiger partial charge in [0.2, 0.25) is 15.6 Å². The van der Waals surface area contributed by atoms with E-state index in [2.05, 4.69) is 4.98 Å². The molecule has 1 aliphatic rings. The Morgan fingerprint density at radius 2 is 2.11 bits per heavy atom. The molecule has 1 aliphatic heterocycles. The molecule has 0 spiro atoms. The Balaban J connectivity index is 1.94. The summed E-state index contributed by atoms with van der Waals surface area (Å²) in [7, 11) is -3.53. The number of H-pyrrole nitrogens is 1. The fourth-order valence-electron chi connectivity index (χ4n) is 2.13. The molecule has 5 nitrogen and oxygen atoms in total. The molecule has 100 valence electrons. The van der Waals surface area contributed by atoms with Gasteiger partial charge in [-0.25, -0.2) is 8.42 Å². The van der Waals surface area contributed by atoms with Crippen LogP contribution in [0.3, 0.4) is 0 Å². The van der Waals surface area contributed by atoms with Crippen LogP contribution in [0.2, 0.25) is 0 Å². The van der Waals surface area contributed by atoms with Crippen LogP contribution in [-0.4, -0.2) is 24.3 Å². The highest BCUT2D eigenvalue weighted by atomic mass is 32.2. The lowest BCUT2D eigenvalue weighted by Gasteiger charge is -2.26. The first-order chi connectivity index (χ1) is 9.07. The van der Waals surface area contributed by atoms with Gasteiger partial charge in [-0.05, 0) is 29.5 Å². The molecular formula is C12H12N2O3S2. The fourth-order valence-corrected chi connectivity index (χ4v) is 4.41. The van der Waals surface area contributed by atoms with E-state index in [9.17, 15) is 13.2 Å². The predicted octanol–water partition coefficient (Wildman–Crippen LogP) is 1.18. The van der Waals surface area contributed by atoms with Gasteiger partial charge in [-0.15, -0.1) is 11.3 Å². The highest BCUT2D eigenvalue weighted by Crippen LogP contribution is 2.27. The van der Waals surface area contributed by atoms with Crippen LogP contribution in [0, 0.1) is 0 Å². The molecular weight excluding hydrogens is 284 g/mol. The number of fused-ring (bicyclic) bond motifs is 1. The lowest BCUT2D eigenvalue weighted by molar-refractivity contribution is 0.394. The highest BCUT2D eigenvalue weighted by molar-refractivity contribution is 7.89. The van der Waals surface area contributed by atoms with Gasteiger partial charge in [-0.1, -0.05) is 0 Å². The van der Waals surface area contributed by atoms with Crippen molar-refractivity contribution >= 4 is 21.4 Å². The Morgan fingerprint density at radius 3 is 2.84 bits per heavy atom. The summed E-state index contributed by atoms with van der Waals surface area (Å²) in [5.41, 5.74) is 0.766. The number of nitrogens with one attached hydrogen (secondary N) is 1. The maximum atomic E-state index is 12.4. The molecule has 0 unspecified atom stereocenters. The summed E-state index contributed by atoms with van der Waals surface area (Å²) in [6.07, 6.45) is 2.00. The summed E-state index contributed by atoms with van der Waals surface area (Å²) in [6.45, 7) is 0.884. The van der Waals surface area contributed by atoms with Crippen molar-refractivity contribution < 1.29 is 8.42 Å². The third-order valence-electron chi connectivity index (χ3n) is 3.17. The molecule has 0 radical (unpaired) electrons. The third kappa shape index (κ3) is 2.24. The van der Waals surface area contributed by atoms with Crippen molar-refractivity contribution in [3.05, 3.63) is 50.6 Å². The number of rotatable bonds is 2. The monoisotopic (exact) mass is 296 g/mol. The van der Waals surface area contributed by atoms with Gasteiger partial charge in [-0.2, -0.15) is 4.31 Å². The van der Waals surface area contributed by atoms with Crippen LogP contribution >= 0.6 is 11.3 Å². The highest BCUT2D eigenvalue weighted by Gasteiger charge is 2.28. The van der Waals surface area contributed by atoms with Gasteiger partial charge in [0, 0.05) is 30.2 Å². The van der Waals surface area contributed by atoms with Gasteiger partial charge < -0.3 is 4.98 Å². The molecule has 0 fully saturated rings. The van der Waals surface area contributed by atoms with Gasteiger partial charge in [0.25, 0.3) is 0 Å². The molecule has 2 aromatic heterocycles. The first kappa shape index (κ1) is 12.6. The molecule has 3 rings (SSSR count). The Morgan fingerprint density at radius 1 is 1.26 bits per heavy atom. The molecule has 3 heterocycles. The van der Waals surface area contributed by atoms with Gasteiger partial charge in [-0.3, -0.25) is 4.79 Å². The maximum Gasteiger partial charge on any atom is 0.247 e. The van der Waals surface area contributed by atoms with Crippen LogP contribution in [0.4, 0.5) is 0 Å². The first-order valence-corrected chi connectivity index (χ1v) is 8.13. The number of aromatic nitrogens is 1. The van der Waals surface area contributed by atoms with Gasteiger partial charge in [0.05, 0.1) is 4.90 Å². The van der Waals surface area contributed by atoms with Crippen molar-refractivity contribution in [2.45, 2.75) is 17.9 Å². The summed E-state index contributed by atoms with van der Waals surface area (Å²) in [5, 5.41) is 1.99. The molecule has 0 atom stereocenters. The number of hydrogen-bond acceptors (Lipinski definition) is 4. The number of thiophene rings is 1. The minimum absolute atomic E-state index is 0.130. The number of pyridine rings is 1. The van der Waals surface area contributed by atoms with E-state index in [4.69, 9.17) is 0 Å². The Labute approximate surface area is 114 Å². The second-order valence-corrected chi connectivity index (χ2v) is 7.28. The van der Waals surface area contributed by atoms with Crippen LogP contribution in [0.5, 0.6) is 0 Å². The summed E-state index contributed by atoms with van der Waals surface area (Å²) in [5.74, 6) is 0. The minimum Gasteiger partial charge on any atom is -0.328 e. The van der Waals surface area contributed by atoms with Crippen molar-refractivity contribution in [1.29, 1.82) is 0 Å². The molecule has 7 heteroatoms. The van der Waals surface area contributed by atoms with Crippen molar-refractivity contribution in [3.8, 4) is 0 Å². The molecule has 2 aromatic rings. The quantitative estimate of drug-likeness (QED) is 0.905. The molecule has 0 aromatic carbocycles. The number of nitrogens with zero attached hydrogens (tertiary/aromatic N) is 1. The van der Waals surface area contributed by atoms with Crippen molar-refractivity contribution in [1.82, 2.24) is 9.29 Å². The molecule has 0 bridgehead atoms. The number of hydrogen-bond donors (Lipinski definition) is 1. The second kappa shape index (κ2) is 4.59.